The summed E-state index contributed by atoms with van der Waals surface area (Å²) in [6.45, 7) is 1.42. The number of rotatable bonds is 6. The molecule has 2 aromatic carbocycles. The molecule has 1 aliphatic carbocycles. The van der Waals surface area contributed by atoms with Crippen molar-refractivity contribution in [3.63, 3.8) is 0 Å². The van der Waals surface area contributed by atoms with Gasteiger partial charge in [-0.1, -0.05) is 29.3 Å². The predicted molar refractivity (Wildman–Crippen MR) is 121 cm³/mol. The summed E-state index contributed by atoms with van der Waals surface area (Å²) in [7, 11) is 3.04. The average molecular weight is 463 g/mol. The van der Waals surface area contributed by atoms with E-state index < -0.39 is 0 Å². The number of halogens is 2. The van der Waals surface area contributed by atoms with E-state index in [9.17, 15) is 9.59 Å². The van der Waals surface area contributed by atoms with Gasteiger partial charge in [0.15, 0.2) is 11.5 Å². The van der Waals surface area contributed by atoms with Crippen LogP contribution in [0.25, 0.3) is 0 Å². The zero-order valence-corrected chi connectivity index (χ0v) is 18.9. The van der Waals surface area contributed by atoms with Crippen molar-refractivity contribution in [1.82, 2.24) is 4.90 Å². The van der Waals surface area contributed by atoms with Crippen molar-refractivity contribution in [3.8, 4) is 11.5 Å². The van der Waals surface area contributed by atoms with Gasteiger partial charge in [-0.2, -0.15) is 0 Å². The van der Waals surface area contributed by atoms with Gasteiger partial charge in [0.05, 0.1) is 35.5 Å². The molecule has 31 heavy (non-hydrogen) atoms. The quantitative estimate of drug-likeness (QED) is 0.656. The minimum Gasteiger partial charge on any atom is -0.493 e. The number of hydrogen-bond acceptors (Lipinski definition) is 4. The Morgan fingerprint density at radius 2 is 1.68 bits per heavy atom. The van der Waals surface area contributed by atoms with Crippen LogP contribution < -0.4 is 14.8 Å². The van der Waals surface area contributed by atoms with E-state index in [1.54, 1.807) is 29.2 Å². The number of hydrogen-bond donors (Lipinski definition) is 1. The maximum atomic E-state index is 13.1. The molecule has 2 unspecified atom stereocenters. The Balaban J connectivity index is 1.57. The van der Waals surface area contributed by atoms with Crippen molar-refractivity contribution < 1.29 is 19.1 Å². The van der Waals surface area contributed by atoms with Crippen molar-refractivity contribution in [2.45, 2.75) is 25.2 Å². The minimum atomic E-state index is -0.194. The smallest absolute Gasteiger partial charge is 0.256 e. The topological polar surface area (TPSA) is 67.9 Å². The van der Waals surface area contributed by atoms with Gasteiger partial charge in [-0.15, -0.1) is 0 Å². The van der Waals surface area contributed by atoms with Crippen LogP contribution in [0.2, 0.25) is 10.0 Å². The third kappa shape index (κ3) is 4.46. The molecule has 0 aromatic heterocycles. The van der Waals surface area contributed by atoms with E-state index in [-0.39, 0.29) is 23.7 Å². The Bertz CT molecular complexity index is 1020. The molecule has 1 N–H and O–H groups in total. The van der Waals surface area contributed by atoms with Crippen LogP contribution in [0.15, 0.2) is 30.3 Å². The zero-order chi connectivity index (χ0) is 22.1. The van der Waals surface area contributed by atoms with Crippen molar-refractivity contribution in [3.05, 3.63) is 51.5 Å². The van der Waals surface area contributed by atoms with E-state index in [2.05, 4.69) is 5.32 Å². The molecule has 2 aliphatic rings. The molecule has 1 saturated heterocycles. The lowest BCUT2D eigenvalue weighted by Gasteiger charge is -2.20. The van der Waals surface area contributed by atoms with E-state index in [1.165, 1.54) is 14.2 Å². The van der Waals surface area contributed by atoms with Gasteiger partial charge < -0.3 is 19.7 Å². The molecule has 0 bridgehead atoms. The molecule has 164 valence electrons. The number of likely N-dealkylation sites (tertiary alicyclic amines) is 1. The molecular formula is C23H24Cl2N2O4. The number of methoxy groups -OCH3 is 2. The Kier molecular flexibility index (Phi) is 6.30. The first-order chi connectivity index (χ1) is 14.9. The van der Waals surface area contributed by atoms with Crippen molar-refractivity contribution in [2.24, 2.45) is 5.92 Å². The summed E-state index contributed by atoms with van der Waals surface area (Å²) in [6.07, 6.45) is 2.68. The Morgan fingerprint density at radius 3 is 2.32 bits per heavy atom. The third-order valence-corrected chi connectivity index (χ3v) is 6.64. The van der Waals surface area contributed by atoms with E-state index in [1.807, 2.05) is 6.07 Å². The van der Waals surface area contributed by atoms with Gasteiger partial charge >= 0.3 is 0 Å². The van der Waals surface area contributed by atoms with E-state index in [4.69, 9.17) is 32.7 Å². The molecule has 1 heterocycles. The first-order valence-electron chi connectivity index (χ1n) is 10.2. The number of nitrogens with zero attached hydrogens (tertiary/aromatic N) is 1. The second-order valence-corrected chi connectivity index (χ2v) is 8.68. The van der Waals surface area contributed by atoms with Gasteiger partial charge in [-0.25, -0.2) is 0 Å². The van der Waals surface area contributed by atoms with Crippen LogP contribution in [0, 0.1) is 5.92 Å². The molecule has 0 radical (unpaired) electrons. The van der Waals surface area contributed by atoms with Gasteiger partial charge in [0.2, 0.25) is 5.91 Å². The maximum absolute atomic E-state index is 13.1. The maximum Gasteiger partial charge on any atom is 0.256 e. The van der Waals surface area contributed by atoms with Crippen LogP contribution in [-0.4, -0.2) is 44.0 Å². The fraction of sp³-hybridized carbons (Fsp3) is 0.391. The van der Waals surface area contributed by atoms with Crippen molar-refractivity contribution >= 4 is 40.7 Å². The standard InChI is InChI=1S/C23H24Cl2N2O4/c1-30-20-11-16(23(29)27-7-3-4-8-27)19(12-21(20)31-2)26-22(28)15-10-14(15)13-5-6-17(24)18(25)9-13/h5-6,9,11-12,14-15H,3-4,7-8,10H2,1-2H3,(H,26,28). The SMILES string of the molecule is COc1cc(NC(=O)C2CC2c2ccc(Cl)c(Cl)c2)c(C(=O)N2CCCC2)cc1OC. The van der Waals surface area contributed by atoms with Gasteiger partial charge in [-0.3, -0.25) is 9.59 Å². The third-order valence-electron chi connectivity index (χ3n) is 5.90. The summed E-state index contributed by atoms with van der Waals surface area (Å²) in [6, 6.07) is 8.73. The number of nitrogens with one attached hydrogen (secondary N) is 1. The van der Waals surface area contributed by atoms with Crippen LogP contribution in [0.4, 0.5) is 5.69 Å². The summed E-state index contributed by atoms with van der Waals surface area (Å²) in [4.78, 5) is 27.9. The van der Waals surface area contributed by atoms with E-state index in [0.717, 1.165) is 18.4 Å². The molecule has 2 fully saturated rings. The molecule has 1 saturated carbocycles. The molecular weight excluding hydrogens is 439 g/mol. The normalized spacial score (nSPS) is 19.8. The summed E-state index contributed by atoms with van der Waals surface area (Å²) in [5.41, 5.74) is 1.81. The Morgan fingerprint density at radius 1 is 1.00 bits per heavy atom. The number of benzene rings is 2. The van der Waals surface area contributed by atoms with Gasteiger partial charge in [-0.05, 0) is 48.9 Å². The van der Waals surface area contributed by atoms with Crippen LogP contribution in [0.3, 0.4) is 0 Å². The van der Waals surface area contributed by atoms with Gasteiger partial charge in [0.25, 0.3) is 5.91 Å². The van der Waals surface area contributed by atoms with Crippen molar-refractivity contribution in [1.29, 1.82) is 0 Å². The lowest BCUT2D eigenvalue weighted by atomic mass is 10.1. The largest absolute Gasteiger partial charge is 0.493 e. The fourth-order valence-electron chi connectivity index (χ4n) is 4.07. The lowest BCUT2D eigenvalue weighted by molar-refractivity contribution is -0.117. The van der Waals surface area contributed by atoms with Gasteiger partial charge in [0.1, 0.15) is 0 Å². The summed E-state index contributed by atoms with van der Waals surface area (Å²) in [5, 5.41) is 3.91. The Labute approximate surface area is 191 Å². The molecule has 2 aromatic rings. The van der Waals surface area contributed by atoms with Crippen LogP contribution >= 0.6 is 23.2 Å². The highest BCUT2D eigenvalue weighted by molar-refractivity contribution is 6.42. The van der Waals surface area contributed by atoms with Crippen molar-refractivity contribution in [2.75, 3.05) is 32.6 Å². The monoisotopic (exact) mass is 462 g/mol. The molecule has 8 heteroatoms. The van der Waals surface area contributed by atoms with Crippen LogP contribution in [0.5, 0.6) is 11.5 Å². The first-order valence-corrected chi connectivity index (χ1v) is 11.0. The zero-order valence-electron chi connectivity index (χ0n) is 17.4. The van der Waals surface area contributed by atoms with Crippen LogP contribution in [-0.2, 0) is 4.79 Å². The summed E-state index contributed by atoms with van der Waals surface area (Å²) >= 11 is 12.1. The molecule has 2 atom stereocenters. The lowest BCUT2D eigenvalue weighted by Crippen LogP contribution is -2.29. The van der Waals surface area contributed by atoms with E-state index in [0.29, 0.717) is 52.3 Å². The average Bonchev–Trinajstić information content (AvgIpc) is 3.39. The van der Waals surface area contributed by atoms with Crippen LogP contribution in [0.1, 0.15) is 41.1 Å². The number of anilines is 1. The second-order valence-electron chi connectivity index (χ2n) is 7.86. The molecule has 1 aliphatic heterocycles. The minimum absolute atomic E-state index is 0.0765. The van der Waals surface area contributed by atoms with Gasteiger partial charge in [0, 0.05) is 25.1 Å². The predicted octanol–water partition coefficient (Wildman–Crippen LogP) is 4.99. The fourth-order valence-corrected chi connectivity index (χ4v) is 4.38. The molecule has 0 spiro atoms. The number of ether oxygens (including phenoxy) is 2. The second kappa shape index (κ2) is 8.97. The highest BCUT2D eigenvalue weighted by atomic mass is 35.5. The first kappa shape index (κ1) is 21.8. The molecule has 2 amide bonds. The number of carbonyl (C=O) groups is 2. The Hall–Kier alpha value is -2.44. The highest BCUT2D eigenvalue weighted by Crippen LogP contribution is 2.49. The molecule has 4 rings (SSSR count). The highest BCUT2D eigenvalue weighted by Gasteiger charge is 2.44. The number of amides is 2. The summed E-state index contributed by atoms with van der Waals surface area (Å²) < 4.78 is 10.8. The number of carbonyl (C=O) groups excluding carboxylic acids is 2. The summed E-state index contributed by atoms with van der Waals surface area (Å²) in [5.74, 6) is 0.521. The molecule has 6 nitrogen and oxygen atoms in total. The van der Waals surface area contributed by atoms with E-state index >= 15 is 0 Å².